The van der Waals surface area contributed by atoms with Crippen LogP contribution < -0.4 is 0 Å². The first-order chi connectivity index (χ1) is 12.3. The summed E-state index contributed by atoms with van der Waals surface area (Å²) in [6.07, 6.45) is -11.2. The summed E-state index contributed by atoms with van der Waals surface area (Å²) in [5.41, 5.74) is 0. The third-order valence-corrected chi connectivity index (χ3v) is 2.70. The largest absolute Gasteiger partial charge is 0.308 e. The predicted octanol–water partition coefficient (Wildman–Crippen LogP) is -1.09. The van der Waals surface area contributed by atoms with Crippen LogP contribution in [0.15, 0.2) is 0 Å². The Morgan fingerprint density at radius 1 is 0.481 bits per heavy atom. The van der Waals surface area contributed by atoms with Gasteiger partial charge in [0.05, 0.1) is 0 Å². The van der Waals surface area contributed by atoms with E-state index < -0.39 is 56.0 Å². The highest BCUT2D eigenvalue weighted by atomic mass is 17.0. The van der Waals surface area contributed by atoms with E-state index in [1.165, 1.54) is 0 Å². The normalized spacial score (nSPS) is 15.8. The third-order valence-electron chi connectivity index (χ3n) is 2.70. The Morgan fingerprint density at radius 2 is 0.704 bits per heavy atom. The van der Waals surface area contributed by atoms with E-state index in [9.17, 15) is 50.6 Å². The smallest absolute Gasteiger partial charge is 0.294 e. The Labute approximate surface area is 146 Å². The summed E-state index contributed by atoms with van der Waals surface area (Å²) < 4.78 is 0. The van der Waals surface area contributed by atoms with Gasteiger partial charge >= 0.3 is 0 Å². The third kappa shape index (κ3) is 8.59. The molecule has 0 N–H and O–H groups in total. The molecule has 0 bridgehead atoms. The minimum absolute atomic E-state index is 0.773. The molecule has 0 aromatic rings. The number of hydrogen-bond donors (Lipinski definition) is 0. The highest BCUT2D eigenvalue weighted by Crippen LogP contribution is 2.22. The second-order valence-electron chi connectivity index (χ2n) is 4.45. The molecule has 0 spiro atoms. The average molecular weight is 405 g/mol. The van der Waals surface area contributed by atoms with E-state index >= 15 is 0 Å². The van der Waals surface area contributed by atoms with Crippen molar-refractivity contribution in [2.24, 2.45) is 0 Å². The first kappa shape index (κ1) is 23.0. The van der Waals surface area contributed by atoms with E-state index in [0.29, 0.717) is 0 Å². The van der Waals surface area contributed by atoms with Gasteiger partial charge in [-0.25, -0.2) is 0 Å². The molecule has 0 aliphatic heterocycles. The SMILES string of the molecule is CC(O[N+](=O)[O-])C(O[N+](=O)[O-])C(O[N+](=O)[O-])C(O[N+](=O)[O-])C(C)O[N+](=O)[O-]. The molecular formula is C7H11N5O15. The highest BCUT2D eigenvalue weighted by Gasteiger charge is 2.46. The van der Waals surface area contributed by atoms with Gasteiger partial charge in [-0.3, -0.25) is 0 Å². The van der Waals surface area contributed by atoms with Gasteiger partial charge in [0.15, 0.2) is 18.3 Å². The van der Waals surface area contributed by atoms with Gasteiger partial charge in [0.1, 0.15) is 12.2 Å². The molecule has 20 nitrogen and oxygen atoms in total. The Morgan fingerprint density at radius 3 is 0.926 bits per heavy atom. The molecule has 0 aliphatic rings. The molecule has 0 aliphatic carbocycles. The van der Waals surface area contributed by atoms with Crippen molar-refractivity contribution in [2.75, 3.05) is 0 Å². The van der Waals surface area contributed by atoms with Gasteiger partial charge in [-0.2, -0.15) is 0 Å². The topological polar surface area (TPSA) is 262 Å². The van der Waals surface area contributed by atoms with Crippen molar-refractivity contribution < 1.29 is 49.6 Å². The maximum atomic E-state index is 10.7. The lowest BCUT2D eigenvalue weighted by atomic mass is 10.0. The van der Waals surface area contributed by atoms with E-state index in [4.69, 9.17) is 0 Å². The summed E-state index contributed by atoms with van der Waals surface area (Å²) >= 11 is 0. The van der Waals surface area contributed by atoms with Crippen molar-refractivity contribution in [3.8, 4) is 0 Å². The molecule has 0 aromatic carbocycles. The average Bonchev–Trinajstić information content (AvgIpc) is 2.46. The molecule has 0 saturated carbocycles. The Hall–Kier alpha value is -4.00. The summed E-state index contributed by atoms with van der Waals surface area (Å²) in [5, 5.41) is 45.1. The summed E-state index contributed by atoms with van der Waals surface area (Å²) in [6.45, 7) is 1.55. The van der Waals surface area contributed by atoms with Crippen molar-refractivity contribution in [3.05, 3.63) is 50.6 Å². The molecule has 27 heavy (non-hydrogen) atoms. The lowest BCUT2D eigenvalue weighted by Gasteiger charge is -2.33. The first-order valence-electron chi connectivity index (χ1n) is 6.41. The van der Waals surface area contributed by atoms with Gasteiger partial charge in [0, 0.05) is 0 Å². The molecule has 0 radical (unpaired) electrons. The van der Waals surface area contributed by atoms with Crippen LogP contribution in [-0.4, -0.2) is 56.0 Å². The maximum Gasteiger partial charge on any atom is 0.294 e. The van der Waals surface area contributed by atoms with Crippen LogP contribution in [-0.2, 0) is 24.2 Å². The minimum atomic E-state index is -2.50. The molecule has 4 unspecified atom stereocenters. The number of rotatable bonds is 14. The van der Waals surface area contributed by atoms with Crippen LogP contribution in [0, 0.1) is 50.6 Å². The molecule has 0 rings (SSSR count). The van der Waals surface area contributed by atoms with E-state index in [-0.39, 0.29) is 0 Å². The zero-order valence-corrected chi connectivity index (χ0v) is 13.2. The summed E-state index contributed by atoms with van der Waals surface area (Å²) in [4.78, 5) is 72.7. The van der Waals surface area contributed by atoms with Crippen LogP contribution in [0.25, 0.3) is 0 Å². The fourth-order valence-corrected chi connectivity index (χ4v) is 1.82. The van der Waals surface area contributed by atoms with Crippen molar-refractivity contribution in [1.82, 2.24) is 0 Å². The first-order valence-corrected chi connectivity index (χ1v) is 6.41. The zero-order valence-electron chi connectivity index (χ0n) is 13.2. The van der Waals surface area contributed by atoms with E-state index in [0.717, 1.165) is 13.8 Å². The molecule has 0 amide bonds. The predicted molar refractivity (Wildman–Crippen MR) is 70.7 cm³/mol. The van der Waals surface area contributed by atoms with E-state index in [1.54, 1.807) is 0 Å². The quantitative estimate of drug-likeness (QED) is 0.245. The lowest BCUT2D eigenvalue weighted by Crippen LogP contribution is -2.55. The van der Waals surface area contributed by atoms with Crippen LogP contribution >= 0.6 is 0 Å². The van der Waals surface area contributed by atoms with Gasteiger partial charge in [-0.05, 0) is 13.8 Å². The van der Waals surface area contributed by atoms with Crippen LogP contribution in [0.3, 0.4) is 0 Å². The fraction of sp³-hybridized carbons (Fsp3) is 1.00. The van der Waals surface area contributed by atoms with Gasteiger partial charge < -0.3 is 24.2 Å². The van der Waals surface area contributed by atoms with Gasteiger partial charge in [-0.1, -0.05) is 0 Å². The Bertz CT molecular complexity index is 541. The van der Waals surface area contributed by atoms with E-state index in [2.05, 4.69) is 24.2 Å². The number of nitrogens with zero attached hydrogens (tertiary/aromatic N) is 5. The van der Waals surface area contributed by atoms with Crippen molar-refractivity contribution in [2.45, 2.75) is 44.4 Å². The van der Waals surface area contributed by atoms with Crippen molar-refractivity contribution in [3.63, 3.8) is 0 Å². The van der Waals surface area contributed by atoms with Crippen LogP contribution in [0.5, 0.6) is 0 Å². The van der Waals surface area contributed by atoms with Crippen LogP contribution in [0.2, 0.25) is 0 Å². The van der Waals surface area contributed by atoms with Crippen LogP contribution in [0.1, 0.15) is 13.8 Å². The van der Waals surface area contributed by atoms with Crippen molar-refractivity contribution >= 4 is 0 Å². The highest BCUT2D eigenvalue weighted by molar-refractivity contribution is 4.85. The molecular weight excluding hydrogens is 394 g/mol. The van der Waals surface area contributed by atoms with Gasteiger partial charge in [0.2, 0.25) is 0 Å². The lowest BCUT2D eigenvalue weighted by molar-refractivity contribution is -0.833. The molecule has 20 heteroatoms. The summed E-state index contributed by atoms with van der Waals surface area (Å²) in [7, 11) is 0. The fourth-order valence-electron chi connectivity index (χ4n) is 1.82. The maximum absolute atomic E-state index is 10.7. The molecule has 154 valence electrons. The van der Waals surface area contributed by atoms with Gasteiger partial charge in [-0.15, -0.1) is 50.6 Å². The minimum Gasteiger partial charge on any atom is -0.308 e. The molecule has 0 heterocycles. The Balaban J connectivity index is 6.04. The molecule has 0 aromatic heterocycles. The molecule has 0 fully saturated rings. The molecule has 4 atom stereocenters. The van der Waals surface area contributed by atoms with Crippen molar-refractivity contribution in [1.29, 1.82) is 0 Å². The van der Waals surface area contributed by atoms with Crippen LogP contribution in [0.4, 0.5) is 0 Å². The Kier molecular flexibility index (Phi) is 8.60. The monoisotopic (exact) mass is 405 g/mol. The summed E-state index contributed by atoms with van der Waals surface area (Å²) in [5.74, 6) is 0. The zero-order chi connectivity index (χ0) is 21.3. The molecule has 0 saturated heterocycles. The standard InChI is InChI=1S/C7H11N5O15/c1-3(23-8(13)14)5(25-10(17)18)7(27-12(21)22)6(26-11(19)20)4(2)24-9(15)16/h3-7H,1-2H3. The second-order valence-corrected chi connectivity index (χ2v) is 4.45. The van der Waals surface area contributed by atoms with Gasteiger partial charge in [0.25, 0.3) is 25.4 Å². The second kappa shape index (κ2) is 10.1. The summed E-state index contributed by atoms with van der Waals surface area (Å²) in [6, 6.07) is 0. The number of hydrogen-bond acceptors (Lipinski definition) is 15. The van der Waals surface area contributed by atoms with E-state index in [1.807, 2.05) is 0 Å².